The number of rotatable bonds is 4. The van der Waals surface area contributed by atoms with Crippen LogP contribution in [0.1, 0.15) is 24.6 Å². The van der Waals surface area contributed by atoms with Gasteiger partial charge in [-0.15, -0.1) is 0 Å². The molecule has 2 aromatic heterocycles. The maximum absolute atomic E-state index is 11.6. The van der Waals surface area contributed by atoms with Gasteiger partial charge in [0.25, 0.3) is 5.19 Å². The van der Waals surface area contributed by atoms with Gasteiger partial charge in [-0.1, -0.05) is 23.5 Å². The van der Waals surface area contributed by atoms with Crippen molar-refractivity contribution in [1.82, 2.24) is 19.8 Å². The van der Waals surface area contributed by atoms with Crippen molar-refractivity contribution < 1.29 is 9.53 Å². The minimum Gasteiger partial charge on any atom is -0.431 e. The van der Waals surface area contributed by atoms with Gasteiger partial charge in [0.05, 0.1) is 4.70 Å². The molecule has 0 N–H and O–H groups in total. The van der Waals surface area contributed by atoms with E-state index in [1.54, 1.807) is 6.92 Å². The minimum atomic E-state index is 0.203. The first-order chi connectivity index (χ1) is 13.5. The van der Waals surface area contributed by atoms with Gasteiger partial charge in [0.15, 0.2) is 5.65 Å². The molecule has 7 heteroatoms. The first kappa shape index (κ1) is 17.6. The molecule has 2 bridgehead atoms. The van der Waals surface area contributed by atoms with Gasteiger partial charge in [-0.2, -0.15) is 4.98 Å². The summed E-state index contributed by atoms with van der Waals surface area (Å²) in [5.74, 6) is 0.985. The average Bonchev–Trinajstić information content (AvgIpc) is 3.36. The van der Waals surface area contributed by atoms with E-state index in [4.69, 9.17) is 4.74 Å². The second-order valence-corrected chi connectivity index (χ2v) is 8.64. The standard InChI is InChI=1S/C21H22N4O2S/c1-13-3-8-19-20(22-13)23-21(28-19)27-18-6-4-15(5-7-18)10-24-11-17-9-16(24)12-25(17)14(2)26/h3-8,16-17H,9-12H2,1-2H3. The summed E-state index contributed by atoms with van der Waals surface area (Å²) in [7, 11) is 0. The fourth-order valence-electron chi connectivity index (χ4n) is 4.26. The van der Waals surface area contributed by atoms with E-state index in [0.717, 1.165) is 47.8 Å². The fraction of sp³-hybridized carbons (Fsp3) is 0.381. The zero-order valence-corrected chi connectivity index (χ0v) is 16.8. The molecular formula is C21H22N4O2S. The number of ether oxygens (including phenoxy) is 1. The number of hydrogen-bond donors (Lipinski definition) is 0. The Morgan fingerprint density at radius 1 is 1.14 bits per heavy atom. The van der Waals surface area contributed by atoms with Gasteiger partial charge < -0.3 is 9.64 Å². The highest BCUT2D eigenvalue weighted by molar-refractivity contribution is 7.20. The van der Waals surface area contributed by atoms with Crippen molar-refractivity contribution in [2.75, 3.05) is 13.1 Å². The lowest BCUT2D eigenvalue weighted by Crippen LogP contribution is -2.47. The monoisotopic (exact) mass is 394 g/mol. The molecule has 2 fully saturated rings. The zero-order valence-electron chi connectivity index (χ0n) is 16.0. The maximum Gasteiger partial charge on any atom is 0.281 e. The second kappa shape index (κ2) is 6.83. The first-order valence-corrected chi connectivity index (χ1v) is 10.4. The third-order valence-corrected chi connectivity index (χ3v) is 6.53. The highest BCUT2D eigenvalue weighted by atomic mass is 32.1. The molecule has 0 radical (unpaired) electrons. The smallest absolute Gasteiger partial charge is 0.281 e. The molecule has 0 spiro atoms. The number of carbonyl (C=O) groups excluding carboxylic acids is 1. The molecule has 1 amide bonds. The summed E-state index contributed by atoms with van der Waals surface area (Å²) >= 11 is 1.51. The number of aromatic nitrogens is 2. The predicted molar refractivity (Wildman–Crippen MR) is 109 cm³/mol. The molecule has 144 valence electrons. The van der Waals surface area contributed by atoms with Crippen LogP contribution in [0, 0.1) is 6.92 Å². The molecule has 2 unspecified atom stereocenters. The lowest BCUT2D eigenvalue weighted by Gasteiger charge is -2.33. The number of benzene rings is 1. The SMILES string of the molecule is CC(=O)N1CC2CC1CN2Cc1ccc(Oc2nc3nc(C)ccc3s2)cc1. The summed E-state index contributed by atoms with van der Waals surface area (Å²) in [6, 6.07) is 13.1. The topological polar surface area (TPSA) is 58.6 Å². The van der Waals surface area contributed by atoms with Crippen LogP contribution in [0.2, 0.25) is 0 Å². The minimum absolute atomic E-state index is 0.203. The number of pyridine rings is 1. The van der Waals surface area contributed by atoms with E-state index < -0.39 is 0 Å². The van der Waals surface area contributed by atoms with Crippen molar-refractivity contribution >= 4 is 27.6 Å². The maximum atomic E-state index is 11.6. The van der Waals surface area contributed by atoms with Crippen molar-refractivity contribution in [3.05, 3.63) is 47.7 Å². The number of carbonyl (C=O) groups is 1. The van der Waals surface area contributed by atoms with Crippen LogP contribution in [0.3, 0.4) is 0 Å². The van der Waals surface area contributed by atoms with Crippen LogP contribution in [0.5, 0.6) is 10.9 Å². The Balaban J connectivity index is 1.23. The van der Waals surface area contributed by atoms with Crippen LogP contribution >= 0.6 is 11.3 Å². The largest absolute Gasteiger partial charge is 0.431 e. The third-order valence-electron chi connectivity index (χ3n) is 5.65. The molecular weight excluding hydrogens is 372 g/mol. The van der Waals surface area contributed by atoms with E-state index in [0.29, 0.717) is 17.3 Å². The molecule has 5 rings (SSSR count). The lowest BCUT2D eigenvalue weighted by atomic mass is 10.2. The van der Waals surface area contributed by atoms with Crippen molar-refractivity contribution in [3.8, 4) is 10.9 Å². The lowest BCUT2D eigenvalue weighted by molar-refractivity contribution is -0.131. The van der Waals surface area contributed by atoms with Crippen LogP contribution in [0.25, 0.3) is 10.3 Å². The number of thiazole rings is 1. The highest BCUT2D eigenvalue weighted by Crippen LogP contribution is 2.33. The van der Waals surface area contributed by atoms with Crippen molar-refractivity contribution in [2.45, 2.75) is 38.9 Å². The number of piperazine rings is 1. The number of nitrogens with zero attached hydrogens (tertiary/aromatic N) is 4. The van der Waals surface area contributed by atoms with Crippen molar-refractivity contribution in [1.29, 1.82) is 0 Å². The molecule has 3 aromatic rings. The molecule has 2 saturated heterocycles. The summed E-state index contributed by atoms with van der Waals surface area (Å²) in [6.45, 7) is 6.39. The van der Waals surface area contributed by atoms with Crippen LogP contribution in [0.15, 0.2) is 36.4 Å². The summed E-state index contributed by atoms with van der Waals surface area (Å²) < 4.78 is 6.96. The van der Waals surface area contributed by atoms with Crippen molar-refractivity contribution in [2.24, 2.45) is 0 Å². The Bertz CT molecular complexity index is 1030. The van der Waals surface area contributed by atoms with Crippen molar-refractivity contribution in [3.63, 3.8) is 0 Å². The third kappa shape index (κ3) is 3.25. The summed E-state index contributed by atoms with van der Waals surface area (Å²) in [4.78, 5) is 25.1. The Morgan fingerprint density at radius 3 is 2.68 bits per heavy atom. The normalized spacial score (nSPS) is 21.6. The number of amides is 1. The van der Waals surface area contributed by atoms with Crippen LogP contribution in [0.4, 0.5) is 0 Å². The van der Waals surface area contributed by atoms with E-state index in [1.807, 2.05) is 36.1 Å². The van der Waals surface area contributed by atoms with Gasteiger partial charge in [-0.25, -0.2) is 4.98 Å². The molecule has 2 aliphatic heterocycles. The number of aryl methyl sites for hydroxylation is 1. The van der Waals surface area contributed by atoms with Crippen LogP contribution in [-0.2, 0) is 11.3 Å². The van der Waals surface area contributed by atoms with E-state index in [1.165, 1.54) is 16.9 Å². The summed E-state index contributed by atoms with van der Waals surface area (Å²) in [5.41, 5.74) is 2.95. The molecule has 0 aliphatic carbocycles. The molecule has 4 heterocycles. The van der Waals surface area contributed by atoms with E-state index in [-0.39, 0.29) is 5.91 Å². The van der Waals surface area contributed by atoms with Gasteiger partial charge in [0.2, 0.25) is 5.91 Å². The first-order valence-electron chi connectivity index (χ1n) is 9.57. The zero-order chi connectivity index (χ0) is 19.3. The van der Waals surface area contributed by atoms with Gasteiger partial charge in [0.1, 0.15) is 5.75 Å². The Kier molecular flexibility index (Phi) is 4.29. The van der Waals surface area contributed by atoms with E-state index in [9.17, 15) is 4.79 Å². The predicted octanol–water partition coefficient (Wildman–Crippen LogP) is 3.60. The summed E-state index contributed by atoms with van der Waals surface area (Å²) in [5, 5.41) is 0.613. The summed E-state index contributed by atoms with van der Waals surface area (Å²) in [6.07, 6.45) is 1.10. The number of hydrogen-bond acceptors (Lipinski definition) is 6. The molecule has 0 saturated carbocycles. The van der Waals surface area contributed by atoms with Crippen LogP contribution < -0.4 is 4.74 Å². The Hall–Kier alpha value is -2.51. The van der Waals surface area contributed by atoms with Gasteiger partial charge in [0, 0.05) is 44.3 Å². The molecule has 2 atom stereocenters. The fourth-order valence-corrected chi connectivity index (χ4v) is 5.04. The average molecular weight is 395 g/mol. The number of likely N-dealkylation sites (tertiary alicyclic amines) is 2. The number of fused-ring (bicyclic) bond motifs is 3. The molecule has 6 nitrogen and oxygen atoms in total. The van der Waals surface area contributed by atoms with E-state index >= 15 is 0 Å². The van der Waals surface area contributed by atoms with Gasteiger partial charge in [-0.3, -0.25) is 9.69 Å². The molecule has 2 aliphatic rings. The quantitative estimate of drug-likeness (QED) is 0.677. The molecule has 1 aromatic carbocycles. The van der Waals surface area contributed by atoms with E-state index in [2.05, 4.69) is 27.0 Å². The molecule has 28 heavy (non-hydrogen) atoms. The van der Waals surface area contributed by atoms with Crippen LogP contribution in [-0.4, -0.2) is 50.8 Å². The van der Waals surface area contributed by atoms with Gasteiger partial charge in [-0.05, 0) is 43.2 Å². The Morgan fingerprint density at radius 2 is 1.96 bits per heavy atom. The highest BCUT2D eigenvalue weighted by Gasteiger charge is 2.43. The second-order valence-electron chi connectivity index (χ2n) is 7.64. The Labute approximate surface area is 167 Å². The van der Waals surface area contributed by atoms with Gasteiger partial charge >= 0.3 is 0 Å².